The number of aliphatic imine (C=N–C) groups is 1. The summed E-state index contributed by atoms with van der Waals surface area (Å²) in [4.78, 5) is 22.6. The number of likely N-dealkylation sites (N-methyl/N-ethyl adjacent to an activating group) is 1. The summed E-state index contributed by atoms with van der Waals surface area (Å²) in [6, 6.07) is 9.95. The number of carbonyl (C=O) groups excluding carboxylic acids is 1. The van der Waals surface area contributed by atoms with E-state index in [1.807, 2.05) is 12.1 Å². The fourth-order valence-electron chi connectivity index (χ4n) is 3.79. The third kappa shape index (κ3) is 4.90. The van der Waals surface area contributed by atoms with Gasteiger partial charge in [0.25, 0.3) is 0 Å². The third-order valence-electron chi connectivity index (χ3n) is 5.54. The van der Waals surface area contributed by atoms with Gasteiger partial charge in [-0.2, -0.15) is 0 Å². The Hall–Kier alpha value is -2.46. The van der Waals surface area contributed by atoms with E-state index in [-0.39, 0.29) is 12.6 Å². The number of hydrogen-bond donors (Lipinski definition) is 2. The van der Waals surface area contributed by atoms with Gasteiger partial charge in [0.15, 0.2) is 0 Å². The Kier molecular flexibility index (Phi) is 6.86. The largest absolute Gasteiger partial charge is 0.468 e. The number of thiophene rings is 1. The smallest absolute Gasteiger partial charge is 0.325 e. The number of carbonyl (C=O) groups is 1. The van der Waals surface area contributed by atoms with Crippen LogP contribution in [0.4, 0.5) is 16.4 Å². The summed E-state index contributed by atoms with van der Waals surface area (Å²) in [5.74, 6) is 0.716. The third-order valence-corrected chi connectivity index (χ3v) is 6.51. The normalized spacial score (nSPS) is 17.1. The number of anilines is 2. The highest BCUT2D eigenvalue weighted by molar-refractivity contribution is 7.16. The van der Waals surface area contributed by atoms with Crippen molar-refractivity contribution in [1.29, 1.82) is 0 Å². The molecule has 0 bridgehead atoms. The number of benzene rings is 1. The van der Waals surface area contributed by atoms with Crippen molar-refractivity contribution in [1.82, 2.24) is 15.1 Å². The minimum Gasteiger partial charge on any atom is -0.468 e. The van der Waals surface area contributed by atoms with Crippen molar-refractivity contribution in [2.75, 3.05) is 59.0 Å². The van der Waals surface area contributed by atoms with Gasteiger partial charge in [0.2, 0.25) is 0 Å². The van der Waals surface area contributed by atoms with Crippen LogP contribution in [0.3, 0.4) is 0 Å². The first kappa shape index (κ1) is 21.8. The minimum absolute atomic E-state index is 0.288. The number of amidine groups is 1. The van der Waals surface area contributed by atoms with Crippen molar-refractivity contribution in [3.05, 3.63) is 40.8 Å². The fraction of sp³-hybridized carbons (Fsp3) is 0.455. The molecule has 2 aliphatic rings. The zero-order chi connectivity index (χ0) is 21.8. The van der Waals surface area contributed by atoms with E-state index in [2.05, 4.69) is 45.6 Å². The van der Waals surface area contributed by atoms with Crippen molar-refractivity contribution >= 4 is 39.5 Å². The van der Waals surface area contributed by atoms with Gasteiger partial charge >= 0.3 is 5.97 Å². The molecule has 4 rings (SSSR count). The molecule has 31 heavy (non-hydrogen) atoms. The van der Waals surface area contributed by atoms with Crippen LogP contribution < -0.4 is 10.6 Å². The number of hydrogen-bond acceptors (Lipinski definition) is 9. The molecule has 0 aliphatic carbocycles. The van der Waals surface area contributed by atoms with E-state index in [1.165, 1.54) is 17.6 Å². The molecule has 0 amide bonds. The highest BCUT2D eigenvalue weighted by Gasteiger charge is 2.26. The molecule has 1 aromatic heterocycles. The summed E-state index contributed by atoms with van der Waals surface area (Å²) in [5.41, 5.74) is 3.17. The van der Waals surface area contributed by atoms with Crippen molar-refractivity contribution in [3.63, 3.8) is 0 Å². The van der Waals surface area contributed by atoms with Gasteiger partial charge in [0.1, 0.15) is 16.9 Å². The summed E-state index contributed by atoms with van der Waals surface area (Å²) >= 11 is 1.76. The zero-order valence-corrected chi connectivity index (χ0v) is 19.0. The summed E-state index contributed by atoms with van der Waals surface area (Å²) in [5, 5.41) is 7.63. The van der Waals surface area contributed by atoms with Crippen LogP contribution >= 0.6 is 11.3 Å². The molecule has 166 valence electrons. The second-order valence-corrected chi connectivity index (χ2v) is 8.90. The highest BCUT2D eigenvalue weighted by atomic mass is 32.1. The van der Waals surface area contributed by atoms with Gasteiger partial charge in [-0.1, -0.05) is 12.1 Å². The van der Waals surface area contributed by atoms with Gasteiger partial charge in [-0.15, -0.1) is 11.3 Å². The van der Waals surface area contributed by atoms with Crippen molar-refractivity contribution in [2.24, 2.45) is 4.99 Å². The topological polar surface area (TPSA) is 78.4 Å². The first-order valence-electron chi connectivity index (χ1n) is 10.4. The Balaban J connectivity index is 1.40. The molecule has 1 unspecified atom stereocenters. The lowest BCUT2D eigenvalue weighted by Crippen LogP contribution is -2.50. The van der Waals surface area contributed by atoms with Crippen molar-refractivity contribution in [3.8, 4) is 0 Å². The van der Waals surface area contributed by atoms with Crippen molar-refractivity contribution in [2.45, 2.75) is 13.0 Å². The second kappa shape index (κ2) is 9.78. The number of nitrogens with one attached hydrogen (secondary N) is 2. The summed E-state index contributed by atoms with van der Waals surface area (Å²) in [7, 11) is 3.11. The van der Waals surface area contributed by atoms with E-state index in [1.54, 1.807) is 18.4 Å². The minimum atomic E-state index is -0.445. The SMILES string of the molecule is CNC(COCN1CCN(C2=Nc3ccccc3Nc3sc(C)cc32)CC1)C(=O)OC. The standard InChI is InChI=1S/C22H29N5O3S/c1-15-12-16-20(24-17-6-4-5-7-18(17)25-21(16)31-15)27-10-8-26(9-11-27)14-30-13-19(23-2)22(28)29-3/h4-7,12,19,23,25H,8-11,13-14H2,1-3H3. The predicted octanol–water partition coefficient (Wildman–Crippen LogP) is 2.54. The number of fused-ring (bicyclic) bond motifs is 2. The van der Waals surface area contributed by atoms with Gasteiger partial charge in [0, 0.05) is 31.1 Å². The van der Waals surface area contributed by atoms with E-state index in [0.717, 1.165) is 48.4 Å². The Morgan fingerprint density at radius 1 is 1.29 bits per heavy atom. The molecule has 2 aromatic rings. The number of rotatable bonds is 6. The van der Waals surface area contributed by atoms with Crippen LogP contribution in [0.5, 0.6) is 0 Å². The summed E-state index contributed by atoms with van der Waals surface area (Å²) < 4.78 is 10.5. The Morgan fingerprint density at radius 3 is 2.81 bits per heavy atom. The van der Waals surface area contributed by atoms with Gasteiger partial charge < -0.3 is 25.0 Å². The highest BCUT2D eigenvalue weighted by Crippen LogP contribution is 2.39. The van der Waals surface area contributed by atoms with E-state index < -0.39 is 6.04 Å². The second-order valence-electron chi connectivity index (χ2n) is 7.65. The molecule has 8 nitrogen and oxygen atoms in total. The number of methoxy groups -OCH3 is 1. The van der Waals surface area contributed by atoms with Crippen molar-refractivity contribution < 1.29 is 14.3 Å². The fourth-order valence-corrected chi connectivity index (χ4v) is 4.71. The zero-order valence-electron chi connectivity index (χ0n) is 18.2. The maximum atomic E-state index is 11.7. The van der Waals surface area contributed by atoms with Gasteiger partial charge in [-0.25, -0.2) is 4.99 Å². The summed E-state index contributed by atoms with van der Waals surface area (Å²) in [6.07, 6.45) is 0. The first-order chi connectivity index (χ1) is 15.1. The number of piperazine rings is 1. The van der Waals surface area contributed by atoms with Crippen LogP contribution in [-0.4, -0.2) is 81.3 Å². The lowest BCUT2D eigenvalue weighted by molar-refractivity contribution is -0.145. The van der Waals surface area contributed by atoms with Crippen LogP contribution in [0.25, 0.3) is 0 Å². The quantitative estimate of drug-likeness (QED) is 0.665. The molecule has 2 N–H and O–H groups in total. The van der Waals surface area contributed by atoms with Crippen LogP contribution in [0, 0.1) is 6.92 Å². The molecule has 1 atom stereocenters. The lowest BCUT2D eigenvalue weighted by atomic mass is 10.2. The number of aryl methyl sites for hydroxylation is 1. The number of para-hydroxylation sites is 2. The molecule has 2 aliphatic heterocycles. The maximum Gasteiger partial charge on any atom is 0.325 e. The average molecular weight is 444 g/mol. The Bertz CT molecular complexity index is 952. The van der Waals surface area contributed by atoms with E-state index in [9.17, 15) is 4.79 Å². The Morgan fingerprint density at radius 2 is 2.06 bits per heavy atom. The van der Waals surface area contributed by atoms with E-state index >= 15 is 0 Å². The van der Waals surface area contributed by atoms with E-state index in [0.29, 0.717) is 6.73 Å². The molecule has 3 heterocycles. The molecule has 0 radical (unpaired) electrons. The lowest BCUT2D eigenvalue weighted by Gasteiger charge is -2.36. The molecular weight excluding hydrogens is 414 g/mol. The first-order valence-corrected chi connectivity index (χ1v) is 11.3. The molecule has 1 saturated heterocycles. The molecule has 9 heteroatoms. The van der Waals surface area contributed by atoms with Gasteiger partial charge in [-0.05, 0) is 32.2 Å². The van der Waals surface area contributed by atoms with E-state index in [4.69, 9.17) is 14.5 Å². The molecule has 1 fully saturated rings. The van der Waals surface area contributed by atoms with Crippen LogP contribution in [0.15, 0.2) is 35.3 Å². The Labute approximate surface area is 186 Å². The molecule has 0 saturated carbocycles. The maximum absolute atomic E-state index is 11.7. The number of nitrogens with zero attached hydrogens (tertiary/aromatic N) is 3. The number of esters is 1. The molecule has 1 aromatic carbocycles. The number of ether oxygens (including phenoxy) is 2. The van der Waals surface area contributed by atoms with Gasteiger partial charge in [-0.3, -0.25) is 9.69 Å². The summed E-state index contributed by atoms with van der Waals surface area (Å²) in [6.45, 7) is 6.38. The van der Waals surface area contributed by atoms with Gasteiger partial charge in [0.05, 0.1) is 37.4 Å². The van der Waals surface area contributed by atoms with Crippen LogP contribution in [0.2, 0.25) is 0 Å². The van der Waals surface area contributed by atoms with Crippen LogP contribution in [0.1, 0.15) is 10.4 Å². The molecule has 0 spiro atoms. The molecular formula is C22H29N5O3S. The van der Waals surface area contributed by atoms with Crippen LogP contribution in [-0.2, 0) is 14.3 Å². The predicted molar refractivity (Wildman–Crippen MR) is 124 cm³/mol. The average Bonchev–Trinajstić information content (AvgIpc) is 3.08. The monoisotopic (exact) mass is 443 g/mol.